The lowest BCUT2D eigenvalue weighted by Gasteiger charge is -2.48. The molecule has 0 aliphatic carbocycles. The summed E-state index contributed by atoms with van der Waals surface area (Å²) in [5.41, 5.74) is 9.59. The molecule has 3 aliphatic rings. The highest BCUT2D eigenvalue weighted by molar-refractivity contribution is 5.56. The summed E-state index contributed by atoms with van der Waals surface area (Å²) in [4.78, 5) is 5.18. The van der Waals surface area contributed by atoms with E-state index in [-0.39, 0.29) is 5.41 Å². The Morgan fingerprint density at radius 3 is 2.30 bits per heavy atom. The summed E-state index contributed by atoms with van der Waals surface area (Å²) < 4.78 is 5.62. The number of anilines is 3. The average molecular weight is 366 g/mol. The van der Waals surface area contributed by atoms with E-state index in [0.29, 0.717) is 18.6 Å². The molecule has 2 bridgehead atoms. The summed E-state index contributed by atoms with van der Waals surface area (Å²) >= 11 is 0. The van der Waals surface area contributed by atoms with Crippen LogP contribution >= 0.6 is 0 Å². The van der Waals surface area contributed by atoms with Gasteiger partial charge >= 0.3 is 0 Å². The predicted octanol–water partition coefficient (Wildman–Crippen LogP) is 4.41. The van der Waals surface area contributed by atoms with Crippen molar-refractivity contribution in [1.82, 2.24) is 0 Å². The maximum Gasteiger partial charge on any atom is 0.119 e. The van der Waals surface area contributed by atoms with Gasteiger partial charge in [-0.25, -0.2) is 0 Å². The predicted molar refractivity (Wildman–Crippen MR) is 114 cm³/mol. The molecule has 1 unspecified atom stereocenters. The molecule has 0 spiro atoms. The van der Waals surface area contributed by atoms with E-state index >= 15 is 0 Å². The van der Waals surface area contributed by atoms with Gasteiger partial charge in [-0.1, -0.05) is 13.8 Å². The topological polar surface area (TPSA) is 41.7 Å². The molecule has 2 aromatic carbocycles. The number of hydrogen-bond acceptors (Lipinski definition) is 4. The Bertz CT molecular complexity index is 769. The van der Waals surface area contributed by atoms with Crippen molar-refractivity contribution in [3.8, 4) is 5.75 Å². The minimum Gasteiger partial charge on any atom is -0.494 e. The summed E-state index contributed by atoms with van der Waals surface area (Å²) in [7, 11) is 0. The highest BCUT2D eigenvalue weighted by atomic mass is 16.5. The summed E-state index contributed by atoms with van der Waals surface area (Å²) in [6.07, 6.45) is 1.27. The normalized spacial score (nSPS) is 24.0. The molecule has 3 heterocycles. The molecular weight excluding hydrogens is 334 g/mol. The lowest BCUT2D eigenvalue weighted by molar-refractivity contribution is 0.192. The van der Waals surface area contributed by atoms with Gasteiger partial charge in [0.1, 0.15) is 5.75 Å². The van der Waals surface area contributed by atoms with Crippen LogP contribution in [0.3, 0.4) is 0 Å². The minimum absolute atomic E-state index is 0.282. The molecule has 3 aliphatic heterocycles. The zero-order valence-corrected chi connectivity index (χ0v) is 16.7. The molecule has 0 radical (unpaired) electrons. The lowest BCUT2D eigenvalue weighted by atomic mass is 9.73. The van der Waals surface area contributed by atoms with Crippen molar-refractivity contribution in [2.45, 2.75) is 33.2 Å². The maximum atomic E-state index is 5.89. The van der Waals surface area contributed by atoms with E-state index in [9.17, 15) is 0 Å². The van der Waals surface area contributed by atoms with Crippen molar-refractivity contribution in [2.75, 3.05) is 41.8 Å². The van der Waals surface area contributed by atoms with E-state index in [4.69, 9.17) is 10.5 Å². The molecule has 4 heteroatoms. The summed E-state index contributed by atoms with van der Waals surface area (Å²) in [6, 6.07) is 17.5. The first kappa shape index (κ1) is 18.0. The van der Waals surface area contributed by atoms with Gasteiger partial charge in [0.15, 0.2) is 0 Å². The molecule has 5 rings (SSSR count). The molecule has 27 heavy (non-hydrogen) atoms. The van der Waals surface area contributed by atoms with Crippen LogP contribution in [0.15, 0.2) is 48.5 Å². The van der Waals surface area contributed by atoms with Crippen LogP contribution in [-0.4, -0.2) is 32.3 Å². The molecule has 0 amide bonds. The second-order valence-corrected chi connectivity index (χ2v) is 8.65. The second kappa shape index (κ2) is 6.99. The van der Waals surface area contributed by atoms with Gasteiger partial charge in [0.25, 0.3) is 0 Å². The highest BCUT2D eigenvalue weighted by Crippen LogP contribution is 2.44. The Balaban J connectivity index is 1.62. The number of nitrogen functional groups attached to an aromatic ring is 1. The standard InChI is InChI=1S/C23H31N3O/c1-4-27-21-11-9-20(10-12-21)26-15-17-13-23(2,3)22(26)16-25(14-17)19-7-5-18(24)6-8-19/h5-12,17,22H,4,13-16,24H2,1-3H3/t17-,22?/m1/s1. The van der Waals surface area contributed by atoms with E-state index < -0.39 is 0 Å². The zero-order chi connectivity index (χ0) is 19.0. The van der Waals surface area contributed by atoms with Gasteiger partial charge in [-0.3, -0.25) is 0 Å². The van der Waals surface area contributed by atoms with Crippen molar-refractivity contribution < 1.29 is 4.74 Å². The van der Waals surface area contributed by atoms with Crippen LogP contribution in [0.5, 0.6) is 5.75 Å². The number of piperidine rings is 1. The Morgan fingerprint density at radius 2 is 1.63 bits per heavy atom. The van der Waals surface area contributed by atoms with E-state index in [1.165, 1.54) is 17.8 Å². The average Bonchev–Trinajstić information content (AvgIpc) is 2.90. The number of ether oxygens (including phenoxy) is 1. The van der Waals surface area contributed by atoms with Crippen molar-refractivity contribution in [1.29, 1.82) is 0 Å². The number of hydrogen-bond donors (Lipinski definition) is 1. The zero-order valence-electron chi connectivity index (χ0n) is 16.7. The SMILES string of the molecule is CCOc1ccc(N2C[C@H]3CN(c4ccc(N)cc4)CC2C(C)(C)C3)cc1. The Labute approximate surface area is 162 Å². The lowest BCUT2D eigenvalue weighted by Crippen LogP contribution is -2.53. The van der Waals surface area contributed by atoms with Gasteiger partial charge in [-0.2, -0.15) is 0 Å². The Hall–Kier alpha value is -2.36. The van der Waals surface area contributed by atoms with Gasteiger partial charge in [-0.15, -0.1) is 0 Å². The largest absolute Gasteiger partial charge is 0.494 e. The first-order valence-corrected chi connectivity index (χ1v) is 10.1. The maximum absolute atomic E-state index is 5.89. The monoisotopic (exact) mass is 365 g/mol. The summed E-state index contributed by atoms with van der Waals surface area (Å²) in [5.74, 6) is 1.60. The smallest absolute Gasteiger partial charge is 0.119 e. The van der Waals surface area contributed by atoms with Crippen LogP contribution in [0, 0.1) is 11.3 Å². The second-order valence-electron chi connectivity index (χ2n) is 8.65. The fourth-order valence-electron chi connectivity index (χ4n) is 4.92. The van der Waals surface area contributed by atoms with Gasteiger partial charge < -0.3 is 20.3 Å². The number of nitrogens with zero attached hydrogens (tertiary/aromatic N) is 2. The molecule has 3 fully saturated rings. The number of benzene rings is 2. The third-order valence-electron chi connectivity index (χ3n) is 6.16. The third kappa shape index (κ3) is 3.58. The molecule has 2 N–H and O–H groups in total. The molecule has 4 nitrogen and oxygen atoms in total. The molecule has 144 valence electrons. The van der Waals surface area contributed by atoms with E-state index in [1.54, 1.807) is 0 Å². The van der Waals surface area contributed by atoms with Crippen molar-refractivity contribution in [3.63, 3.8) is 0 Å². The van der Waals surface area contributed by atoms with Gasteiger partial charge in [0.2, 0.25) is 0 Å². The molecule has 0 aromatic heterocycles. The first-order valence-electron chi connectivity index (χ1n) is 10.1. The highest BCUT2D eigenvalue weighted by Gasteiger charge is 2.45. The number of nitrogens with two attached hydrogens (primary N) is 1. The molecule has 2 aromatic rings. The van der Waals surface area contributed by atoms with Gasteiger partial charge in [0.05, 0.1) is 12.6 Å². The van der Waals surface area contributed by atoms with Crippen LogP contribution < -0.4 is 20.3 Å². The summed E-state index contributed by atoms with van der Waals surface area (Å²) in [6.45, 7) is 10.9. The number of rotatable bonds is 4. The van der Waals surface area contributed by atoms with Gasteiger partial charge in [0, 0.05) is 36.7 Å². The Morgan fingerprint density at radius 1 is 0.963 bits per heavy atom. The molecule has 3 saturated heterocycles. The van der Waals surface area contributed by atoms with Crippen molar-refractivity contribution >= 4 is 17.1 Å². The molecular formula is C23H31N3O. The van der Waals surface area contributed by atoms with Crippen molar-refractivity contribution in [3.05, 3.63) is 48.5 Å². The number of fused-ring (bicyclic) bond motifs is 4. The van der Waals surface area contributed by atoms with Crippen LogP contribution in [0.25, 0.3) is 0 Å². The first-order chi connectivity index (χ1) is 13.0. The quantitative estimate of drug-likeness (QED) is 0.815. The fraction of sp³-hybridized carbons (Fsp3) is 0.478. The van der Waals surface area contributed by atoms with Gasteiger partial charge in [-0.05, 0) is 73.2 Å². The Kier molecular flexibility index (Phi) is 4.67. The van der Waals surface area contributed by atoms with Crippen LogP contribution in [0.2, 0.25) is 0 Å². The van der Waals surface area contributed by atoms with Crippen LogP contribution in [0.1, 0.15) is 27.2 Å². The molecule has 2 atom stereocenters. The van der Waals surface area contributed by atoms with E-state index in [0.717, 1.165) is 31.1 Å². The minimum atomic E-state index is 0.282. The third-order valence-corrected chi connectivity index (χ3v) is 6.16. The fourth-order valence-corrected chi connectivity index (χ4v) is 4.92. The van der Waals surface area contributed by atoms with E-state index in [2.05, 4.69) is 60.0 Å². The van der Waals surface area contributed by atoms with E-state index in [1.807, 2.05) is 19.1 Å². The molecule has 0 saturated carbocycles. The van der Waals surface area contributed by atoms with Crippen LogP contribution in [-0.2, 0) is 0 Å². The summed E-state index contributed by atoms with van der Waals surface area (Å²) in [5, 5.41) is 0. The van der Waals surface area contributed by atoms with Crippen LogP contribution in [0.4, 0.5) is 17.1 Å². The van der Waals surface area contributed by atoms with Crippen molar-refractivity contribution in [2.24, 2.45) is 11.3 Å².